The molecule has 0 aliphatic carbocycles. The van der Waals surface area contributed by atoms with Gasteiger partial charge < -0.3 is 5.32 Å². The molecule has 1 N–H and O–H groups in total. The number of anilines is 1. The highest BCUT2D eigenvalue weighted by molar-refractivity contribution is 5.52. The van der Waals surface area contributed by atoms with E-state index < -0.39 is 5.82 Å². The Balaban J connectivity index is 3.05. The van der Waals surface area contributed by atoms with Gasteiger partial charge in [0.25, 0.3) is 0 Å². The van der Waals surface area contributed by atoms with Gasteiger partial charge in [-0.05, 0) is 26.8 Å². The predicted molar refractivity (Wildman–Crippen MR) is 52.3 cm³/mol. The van der Waals surface area contributed by atoms with E-state index in [-0.39, 0.29) is 11.1 Å². The van der Waals surface area contributed by atoms with E-state index in [4.69, 9.17) is 5.26 Å². The third-order valence-corrected chi connectivity index (χ3v) is 1.47. The van der Waals surface area contributed by atoms with Crippen LogP contribution in [0.25, 0.3) is 0 Å². The molecule has 1 aromatic rings. The summed E-state index contributed by atoms with van der Waals surface area (Å²) in [6.07, 6.45) is 1.09. The van der Waals surface area contributed by atoms with Crippen molar-refractivity contribution in [1.82, 2.24) is 4.98 Å². The van der Waals surface area contributed by atoms with Gasteiger partial charge in [0.2, 0.25) is 0 Å². The molecule has 0 fully saturated rings. The van der Waals surface area contributed by atoms with E-state index >= 15 is 0 Å². The van der Waals surface area contributed by atoms with E-state index in [9.17, 15) is 4.39 Å². The largest absolute Gasteiger partial charge is 0.364 e. The summed E-state index contributed by atoms with van der Waals surface area (Å²) in [5.74, 6) is -0.0811. The van der Waals surface area contributed by atoms with Gasteiger partial charge in [-0.2, -0.15) is 5.26 Å². The van der Waals surface area contributed by atoms with Gasteiger partial charge in [0.05, 0.1) is 11.8 Å². The zero-order valence-corrected chi connectivity index (χ0v) is 8.43. The van der Waals surface area contributed by atoms with Crippen LogP contribution in [0.4, 0.5) is 10.2 Å². The fraction of sp³-hybridized carbons (Fsp3) is 0.400. The first-order valence-electron chi connectivity index (χ1n) is 4.26. The second kappa shape index (κ2) is 3.62. The van der Waals surface area contributed by atoms with Crippen LogP contribution in [0.5, 0.6) is 0 Å². The Labute approximate surface area is 82.6 Å². The van der Waals surface area contributed by atoms with E-state index in [0.29, 0.717) is 5.82 Å². The molecule has 0 saturated heterocycles. The van der Waals surface area contributed by atoms with Crippen molar-refractivity contribution >= 4 is 5.82 Å². The van der Waals surface area contributed by atoms with Crippen molar-refractivity contribution in [2.45, 2.75) is 26.3 Å². The van der Waals surface area contributed by atoms with Crippen LogP contribution in [0, 0.1) is 17.1 Å². The first-order valence-corrected chi connectivity index (χ1v) is 4.26. The first-order chi connectivity index (χ1) is 6.42. The van der Waals surface area contributed by atoms with Crippen molar-refractivity contribution in [1.29, 1.82) is 5.26 Å². The summed E-state index contributed by atoms with van der Waals surface area (Å²) < 4.78 is 12.7. The molecule has 0 unspecified atom stereocenters. The average Bonchev–Trinajstić information content (AvgIpc) is 2.06. The van der Waals surface area contributed by atoms with Crippen molar-refractivity contribution in [2.24, 2.45) is 0 Å². The summed E-state index contributed by atoms with van der Waals surface area (Å²) >= 11 is 0. The lowest BCUT2D eigenvalue weighted by molar-refractivity contribution is 0.612. The lowest BCUT2D eigenvalue weighted by Crippen LogP contribution is -2.27. The predicted octanol–water partition coefficient (Wildman–Crippen LogP) is 2.30. The quantitative estimate of drug-likeness (QED) is 0.744. The summed E-state index contributed by atoms with van der Waals surface area (Å²) in [4.78, 5) is 3.83. The Hall–Kier alpha value is -1.63. The monoisotopic (exact) mass is 193 g/mol. The molecule has 1 aromatic heterocycles. The Bertz CT molecular complexity index is 374. The molecule has 0 saturated carbocycles. The summed E-state index contributed by atoms with van der Waals surface area (Å²) in [6, 6.07) is 3.06. The number of halogens is 1. The Morgan fingerprint density at radius 1 is 1.50 bits per heavy atom. The van der Waals surface area contributed by atoms with Gasteiger partial charge in [-0.25, -0.2) is 9.37 Å². The Kier molecular flexibility index (Phi) is 2.70. The van der Waals surface area contributed by atoms with Crippen molar-refractivity contribution in [3.8, 4) is 6.07 Å². The molecule has 0 aliphatic heterocycles. The number of nitrogens with zero attached hydrogens (tertiary/aromatic N) is 2. The number of aromatic nitrogens is 1. The van der Waals surface area contributed by atoms with E-state index in [2.05, 4.69) is 10.3 Å². The van der Waals surface area contributed by atoms with Crippen LogP contribution in [0.2, 0.25) is 0 Å². The number of hydrogen-bond acceptors (Lipinski definition) is 3. The summed E-state index contributed by atoms with van der Waals surface area (Å²) in [6.45, 7) is 5.83. The molecule has 0 spiro atoms. The van der Waals surface area contributed by atoms with Crippen molar-refractivity contribution in [3.05, 3.63) is 23.6 Å². The lowest BCUT2D eigenvalue weighted by atomic mass is 10.1. The Morgan fingerprint density at radius 3 is 2.64 bits per heavy atom. The van der Waals surface area contributed by atoms with Gasteiger partial charge >= 0.3 is 0 Å². The fourth-order valence-corrected chi connectivity index (χ4v) is 0.979. The normalized spacial score (nSPS) is 10.8. The third-order valence-electron chi connectivity index (χ3n) is 1.47. The van der Waals surface area contributed by atoms with Crippen molar-refractivity contribution in [3.63, 3.8) is 0 Å². The average molecular weight is 193 g/mol. The fourth-order valence-electron chi connectivity index (χ4n) is 0.979. The minimum Gasteiger partial charge on any atom is -0.364 e. The maximum atomic E-state index is 12.7. The molecule has 1 heterocycles. The maximum Gasteiger partial charge on any atom is 0.144 e. The lowest BCUT2D eigenvalue weighted by Gasteiger charge is -2.21. The van der Waals surface area contributed by atoms with E-state index in [1.54, 1.807) is 0 Å². The summed E-state index contributed by atoms with van der Waals surface area (Å²) in [5.41, 5.74) is 0.0242. The van der Waals surface area contributed by atoms with Gasteiger partial charge in [0, 0.05) is 5.54 Å². The molecule has 0 atom stereocenters. The molecule has 0 aliphatic rings. The van der Waals surface area contributed by atoms with Crippen LogP contribution in [0.15, 0.2) is 12.3 Å². The number of rotatable bonds is 1. The highest BCUT2D eigenvalue weighted by atomic mass is 19.1. The van der Waals surface area contributed by atoms with Crippen LogP contribution < -0.4 is 5.32 Å². The molecule has 1 rings (SSSR count). The minimum absolute atomic E-state index is 0.198. The molecular weight excluding hydrogens is 181 g/mol. The van der Waals surface area contributed by atoms with Crippen LogP contribution >= 0.6 is 0 Å². The molecular formula is C10H12FN3. The van der Waals surface area contributed by atoms with E-state index in [1.165, 1.54) is 6.07 Å². The first kappa shape index (κ1) is 10.5. The number of hydrogen-bond donors (Lipinski definition) is 1. The molecule has 0 bridgehead atoms. The molecule has 74 valence electrons. The third kappa shape index (κ3) is 2.70. The van der Waals surface area contributed by atoms with Gasteiger partial charge in [-0.1, -0.05) is 0 Å². The van der Waals surface area contributed by atoms with Crippen molar-refractivity contribution < 1.29 is 4.39 Å². The van der Waals surface area contributed by atoms with Gasteiger partial charge in [0.15, 0.2) is 0 Å². The zero-order valence-electron chi connectivity index (χ0n) is 8.43. The number of nitrogens with one attached hydrogen (secondary N) is 1. The van der Waals surface area contributed by atoms with Crippen molar-refractivity contribution in [2.75, 3.05) is 5.32 Å². The smallest absolute Gasteiger partial charge is 0.144 e. The van der Waals surface area contributed by atoms with E-state index in [0.717, 1.165) is 6.20 Å². The van der Waals surface area contributed by atoms with Gasteiger partial charge in [-0.3, -0.25) is 0 Å². The van der Waals surface area contributed by atoms with E-state index in [1.807, 2.05) is 26.8 Å². The number of nitriles is 1. The highest BCUT2D eigenvalue weighted by Gasteiger charge is 2.13. The second-order valence-electron chi connectivity index (χ2n) is 4.04. The second-order valence-corrected chi connectivity index (χ2v) is 4.04. The zero-order chi connectivity index (χ0) is 10.8. The SMILES string of the molecule is CC(C)(C)Nc1ncc(F)cc1C#N. The van der Waals surface area contributed by atoms with Gasteiger partial charge in [0.1, 0.15) is 17.7 Å². The molecule has 14 heavy (non-hydrogen) atoms. The molecule has 0 radical (unpaired) electrons. The maximum absolute atomic E-state index is 12.7. The summed E-state index contributed by atoms with van der Waals surface area (Å²) in [5, 5.41) is 11.8. The topological polar surface area (TPSA) is 48.7 Å². The standard InChI is InChI=1S/C10H12FN3/c1-10(2,3)14-9-7(5-12)4-8(11)6-13-9/h4,6H,1-3H3,(H,13,14). The molecule has 0 amide bonds. The molecule has 3 nitrogen and oxygen atoms in total. The van der Waals surface area contributed by atoms with Gasteiger partial charge in [-0.15, -0.1) is 0 Å². The van der Waals surface area contributed by atoms with Crippen LogP contribution in [0.3, 0.4) is 0 Å². The molecule has 4 heteroatoms. The van der Waals surface area contributed by atoms with Crippen LogP contribution in [-0.4, -0.2) is 10.5 Å². The Morgan fingerprint density at radius 2 is 2.14 bits per heavy atom. The van der Waals surface area contributed by atoms with Crippen LogP contribution in [-0.2, 0) is 0 Å². The minimum atomic E-state index is -0.499. The molecule has 0 aromatic carbocycles. The highest BCUT2D eigenvalue weighted by Crippen LogP contribution is 2.16. The number of pyridine rings is 1. The summed E-state index contributed by atoms with van der Waals surface area (Å²) in [7, 11) is 0. The van der Waals surface area contributed by atoms with Crippen LogP contribution in [0.1, 0.15) is 26.3 Å².